The minimum Gasteiger partial charge on any atom is -0.380 e. The molecule has 0 aliphatic heterocycles. The van der Waals surface area contributed by atoms with Crippen LogP contribution in [0.4, 0.5) is 5.69 Å². The van der Waals surface area contributed by atoms with Crippen LogP contribution in [0.15, 0.2) is 66.7 Å². The molecule has 25 heavy (non-hydrogen) atoms. The van der Waals surface area contributed by atoms with E-state index in [-0.39, 0.29) is 11.6 Å². The number of fused-ring (bicyclic) bond motifs is 2. The lowest BCUT2D eigenvalue weighted by Gasteiger charge is -2.21. The van der Waals surface area contributed by atoms with Gasteiger partial charge in [0, 0.05) is 28.9 Å². The third-order valence-corrected chi connectivity index (χ3v) is 4.68. The zero-order chi connectivity index (χ0) is 17.4. The summed E-state index contributed by atoms with van der Waals surface area (Å²) in [5.41, 5.74) is 4.95. The summed E-state index contributed by atoms with van der Waals surface area (Å²) in [7, 11) is 0. The maximum atomic E-state index is 13.0. The van der Waals surface area contributed by atoms with Crippen LogP contribution in [-0.2, 0) is 6.54 Å². The smallest absolute Gasteiger partial charge is 0.196 e. The summed E-state index contributed by atoms with van der Waals surface area (Å²) in [6, 6.07) is 20.5. The van der Waals surface area contributed by atoms with Crippen molar-refractivity contribution in [3.05, 3.63) is 100 Å². The van der Waals surface area contributed by atoms with Gasteiger partial charge in [0.05, 0.1) is 5.56 Å². The first-order valence-corrected chi connectivity index (χ1v) is 8.26. The molecule has 0 radical (unpaired) electrons. The fraction of sp³-hybridized carbons (Fsp3) is 0.0909. The molecule has 0 bridgehead atoms. The molecule has 0 saturated heterocycles. The molecule has 3 aromatic rings. The van der Waals surface area contributed by atoms with E-state index in [0.717, 1.165) is 5.56 Å². The lowest BCUT2D eigenvalue weighted by atomic mass is 9.83. The summed E-state index contributed by atoms with van der Waals surface area (Å²) < 4.78 is 0. The van der Waals surface area contributed by atoms with Crippen molar-refractivity contribution in [2.75, 3.05) is 5.32 Å². The van der Waals surface area contributed by atoms with Gasteiger partial charge < -0.3 is 5.32 Å². The number of nitrogens with one attached hydrogen (secondary N) is 1. The van der Waals surface area contributed by atoms with Crippen molar-refractivity contribution in [3.63, 3.8) is 0 Å². The van der Waals surface area contributed by atoms with Crippen molar-refractivity contribution in [2.45, 2.75) is 13.5 Å². The van der Waals surface area contributed by atoms with Crippen LogP contribution in [0.2, 0.25) is 0 Å². The Morgan fingerprint density at radius 3 is 2.12 bits per heavy atom. The minimum atomic E-state index is -0.0990. The van der Waals surface area contributed by atoms with Crippen molar-refractivity contribution in [1.29, 1.82) is 0 Å². The van der Waals surface area contributed by atoms with E-state index < -0.39 is 0 Å². The highest BCUT2D eigenvalue weighted by atomic mass is 16.1. The van der Waals surface area contributed by atoms with Gasteiger partial charge in [-0.25, -0.2) is 0 Å². The second-order valence-electron chi connectivity index (χ2n) is 6.21. The quantitative estimate of drug-likeness (QED) is 0.607. The topological polar surface area (TPSA) is 46.2 Å². The Kier molecular flexibility index (Phi) is 3.69. The number of ketones is 2. The van der Waals surface area contributed by atoms with Crippen molar-refractivity contribution >= 4 is 17.3 Å². The van der Waals surface area contributed by atoms with Crippen LogP contribution in [0.25, 0.3) is 0 Å². The summed E-state index contributed by atoms with van der Waals surface area (Å²) in [5.74, 6) is -0.192. The molecule has 122 valence electrons. The van der Waals surface area contributed by atoms with E-state index in [9.17, 15) is 9.59 Å². The summed E-state index contributed by atoms with van der Waals surface area (Å²) in [5, 5.41) is 3.34. The third-order valence-electron chi connectivity index (χ3n) is 4.68. The Labute approximate surface area is 146 Å². The molecular formula is C22H17NO2. The average Bonchev–Trinajstić information content (AvgIpc) is 2.65. The molecule has 3 aromatic carbocycles. The Balaban J connectivity index is 1.74. The molecule has 1 aliphatic carbocycles. The Bertz CT molecular complexity index is 1000. The highest BCUT2D eigenvalue weighted by molar-refractivity contribution is 6.30. The van der Waals surface area contributed by atoms with Crippen LogP contribution in [-0.4, -0.2) is 11.6 Å². The Morgan fingerprint density at radius 2 is 1.36 bits per heavy atom. The van der Waals surface area contributed by atoms with Crippen molar-refractivity contribution in [3.8, 4) is 0 Å². The molecule has 0 heterocycles. The minimum absolute atomic E-state index is 0.0928. The number of hydrogen-bond acceptors (Lipinski definition) is 3. The van der Waals surface area contributed by atoms with Gasteiger partial charge >= 0.3 is 0 Å². The fourth-order valence-corrected chi connectivity index (χ4v) is 3.29. The summed E-state index contributed by atoms with van der Waals surface area (Å²) in [4.78, 5) is 25.7. The lowest BCUT2D eigenvalue weighted by Crippen LogP contribution is -2.22. The largest absolute Gasteiger partial charge is 0.380 e. The molecule has 0 saturated carbocycles. The predicted octanol–water partition coefficient (Wildman–Crippen LogP) is 4.38. The number of anilines is 1. The number of carbonyl (C=O) groups is 2. The molecule has 4 rings (SSSR count). The molecule has 0 fully saturated rings. The van der Waals surface area contributed by atoms with Gasteiger partial charge in [-0.05, 0) is 24.1 Å². The van der Waals surface area contributed by atoms with Crippen LogP contribution < -0.4 is 5.32 Å². The average molecular weight is 327 g/mol. The van der Waals surface area contributed by atoms with E-state index in [1.165, 1.54) is 5.56 Å². The lowest BCUT2D eigenvalue weighted by molar-refractivity contribution is 0.0979. The van der Waals surface area contributed by atoms with Gasteiger partial charge in [-0.1, -0.05) is 60.7 Å². The molecule has 3 heteroatoms. The zero-order valence-corrected chi connectivity index (χ0v) is 13.9. The molecular weight excluding hydrogens is 310 g/mol. The van der Waals surface area contributed by atoms with Gasteiger partial charge in [0.2, 0.25) is 0 Å². The van der Waals surface area contributed by atoms with Gasteiger partial charge in [-0.3, -0.25) is 9.59 Å². The van der Waals surface area contributed by atoms with Gasteiger partial charge in [0.1, 0.15) is 0 Å². The normalized spacial score (nSPS) is 12.5. The summed E-state index contributed by atoms with van der Waals surface area (Å²) >= 11 is 0. The Hall–Kier alpha value is -3.20. The number of hydrogen-bond donors (Lipinski definition) is 1. The maximum Gasteiger partial charge on any atom is 0.196 e. The van der Waals surface area contributed by atoms with E-state index in [1.54, 1.807) is 30.3 Å². The zero-order valence-electron chi connectivity index (χ0n) is 13.9. The van der Waals surface area contributed by atoms with Gasteiger partial charge in [-0.15, -0.1) is 0 Å². The van der Waals surface area contributed by atoms with Crippen molar-refractivity contribution in [2.24, 2.45) is 0 Å². The second-order valence-corrected chi connectivity index (χ2v) is 6.21. The van der Waals surface area contributed by atoms with Gasteiger partial charge in [0.25, 0.3) is 0 Å². The molecule has 0 aromatic heterocycles. The molecule has 1 N–H and O–H groups in total. The summed E-state index contributed by atoms with van der Waals surface area (Å²) in [6.07, 6.45) is 0. The van der Waals surface area contributed by atoms with E-state index in [1.807, 2.05) is 24.3 Å². The molecule has 1 aliphatic rings. The highest BCUT2D eigenvalue weighted by Crippen LogP contribution is 2.32. The standard InChI is InChI=1S/C22H17NO2/c1-14-7-2-3-8-15(14)13-23-19-12-6-11-18-20(19)22(25)17-10-5-4-9-16(17)21(18)24/h2-12,23H,13H2,1H3. The highest BCUT2D eigenvalue weighted by Gasteiger charge is 2.31. The van der Waals surface area contributed by atoms with E-state index >= 15 is 0 Å². The molecule has 0 atom stereocenters. The van der Waals surface area contributed by atoms with Gasteiger partial charge in [0.15, 0.2) is 11.6 Å². The molecule has 0 unspecified atom stereocenters. The SMILES string of the molecule is Cc1ccccc1CNc1cccc2c1C(=O)c1ccccc1C2=O. The molecule has 0 amide bonds. The first-order chi connectivity index (χ1) is 12.2. The fourth-order valence-electron chi connectivity index (χ4n) is 3.29. The first-order valence-electron chi connectivity index (χ1n) is 8.26. The summed E-state index contributed by atoms with van der Waals surface area (Å²) in [6.45, 7) is 2.66. The van der Waals surface area contributed by atoms with Crippen LogP contribution >= 0.6 is 0 Å². The van der Waals surface area contributed by atoms with Crippen LogP contribution in [0.5, 0.6) is 0 Å². The number of carbonyl (C=O) groups excluding carboxylic acids is 2. The van der Waals surface area contributed by atoms with E-state index in [4.69, 9.17) is 0 Å². The third kappa shape index (κ3) is 2.54. The van der Waals surface area contributed by atoms with Crippen molar-refractivity contribution < 1.29 is 9.59 Å². The number of aryl methyl sites for hydroxylation is 1. The van der Waals surface area contributed by atoms with Crippen LogP contribution in [0, 0.1) is 6.92 Å². The number of rotatable bonds is 3. The predicted molar refractivity (Wildman–Crippen MR) is 98.3 cm³/mol. The van der Waals surface area contributed by atoms with Crippen LogP contribution in [0.1, 0.15) is 43.0 Å². The van der Waals surface area contributed by atoms with Crippen molar-refractivity contribution in [1.82, 2.24) is 0 Å². The first kappa shape index (κ1) is 15.3. The second kappa shape index (κ2) is 6.02. The van der Waals surface area contributed by atoms with E-state index in [2.05, 4.69) is 24.4 Å². The molecule has 3 nitrogen and oxygen atoms in total. The monoisotopic (exact) mass is 327 g/mol. The maximum absolute atomic E-state index is 13.0. The Morgan fingerprint density at radius 1 is 0.720 bits per heavy atom. The van der Waals surface area contributed by atoms with Crippen LogP contribution in [0.3, 0.4) is 0 Å². The van der Waals surface area contributed by atoms with E-state index in [0.29, 0.717) is 34.5 Å². The number of benzene rings is 3. The molecule has 0 spiro atoms. The van der Waals surface area contributed by atoms with Gasteiger partial charge in [-0.2, -0.15) is 0 Å².